The summed E-state index contributed by atoms with van der Waals surface area (Å²) in [5.41, 5.74) is 1.62. The highest BCUT2D eigenvalue weighted by molar-refractivity contribution is 6.02. The van der Waals surface area contributed by atoms with Crippen LogP contribution in [0, 0.1) is 23.1 Å². The summed E-state index contributed by atoms with van der Waals surface area (Å²) in [5, 5.41) is 9.94. The van der Waals surface area contributed by atoms with Gasteiger partial charge < -0.3 is 9.80 Å². The number of rotatable bonds is 4. The lowest BCUT2D eigenvalue weighted by Gasteiger charge is -2.45. The molecule has 4 aromatic rings. The quantitative estimate of drug-likeness (QED) is 0.408. The Balaban J connectivity index is 1.73. The van der Waals surface area contributed by atoms with Gasteiger partial charge in [-0.25, -0.2) is 19.3 Å². The third kappa shape index (κ3) is 4.29. The molecular formula is C28H28FN7O. The maximum atomic E-state index is 15.2. The van der Waals surface area contributed by atoms with Crippen molar-refractivity contribution in [1.29, 1.82) is 5.26 Å². The number of nitriles is 1. The van der Waals surface area contributed by atoms with E-state index in [-0.39, 0.29) is 31.0 Å². The van der Waals surface area contributed by atoms with Crippen molar-refractivity contribution in [2.24, 2.45) is 5.92 Å². The van der Waals surface area contributed by atoms with Gasteiger partial charge in [0.2, 0.25) is 5.91 Å². The van der Waals surface area contributed by atoms with Crippen LogP contribution in [0.3, 0.4) is 0 Å². The monoisotopic (exact) mass is 500 g/mol. The average molecular weight is 501 g/mol. The van der Waals surface area contributed by atoms with Gasteiger partial charge in [0, 0.05) is 58.7 Å². The Hall–Kier alpha value is -4.32. The summed E-state index contributed by atoms with van der Waals surface area (Å²) in [4.78, 5) is 29.8. The van der Waals surface area contributed by atoms with Crippen molar-refractivity contribution < 1.29 is 13.3 Å². The fourth-order valence-electron chi connectivity index (χ4n) is 4.79. The molecule has 1 aliphatic heterocycles. The lowest BCUT2D eigenvalue weighted by atomic mass is 10.0. The number of carbonyl (C=O) groups is 1. The van der Waals surface area contributed by atoms with Crippen molar-refractivity contribution in [2.45, 2.75) is 39.7 Å². The van der Waals surface area contributed by atoms with E-state index in [4.69, 9.17) is 4.11 Å². The Morgan fingerprint density at radius 3 is 2.70 bits per heavy atom. The maximum absolute atomic E-state index is 15.2. The molecule has 4 heterocycles. The van der Waals surface area contributed by atoms with Crippen molar-refractivity contribution in [3.8, 4) is 23.0 Å². The molecule has 0 aliphatic carbocycles. The predicted octanol–water partition coefficient (Wildman–Crippen LogP) is 4.57. The summed E-state index contributed by atoms with van der Waals surface area (Å²) < 4.78 is 41.5. The predicted molar refractivity (Wildman–Crippen MR) is 140 cm³/mol. The number of fused-ring (bicyclic) bond motifs is 1. The number of carbonyl (C=O) groups excluding carboxylic acids is 1. The molecule has 8 nitrogen and oxygen atoms in total. The topological polar surface area (TPSA) is 90.9 Å². The first-order valence-corrected chi connectivity index (χ1v) is 12.1. The van der Waals surface area contributed by atoms with E-state index >= 15 is 4.39 Å². The smallest absolute Gasteiger partial charge is 0.225 e. The van der Waals surface area contributed by atoms with Crippen molar-refractivity contribution in [3.05, 3.63) is 66.5 Å². The van der Waals surface area contributed by atoms with Crippen LogP contribution in [0.25, 0.3) is 28.0 Å². The molecular weight excluding hydrogens is 469 g/mol. The molecule has 0 unspecified atom stereocenters. The number of anilines is 1. The molecule has 5 rings (SSSR count). The van der Waals surface area contributed by atoms with Crippen LogP contribution in [0.4, 0.5) is 10.2 Å². The molecule has 9 heteroatoms. The van der Waals surface area contributed by atoms with E-state index in [0.717, 1.165) is 0 Å². The van der Waals surface area contributed by atoms with Crippen LogP contribution in [0.1, 0.15) is 37.3 Å². The molecule has 188 valence electrons. The fourth-order valence-corrected chi connectivity index (χ4v) is 4.79. The number of hydrogen-bond donors (Lipinski definition) is 0. The van der Waals surface area contributed by atoms with Gasteiger partial charge in [0.1, 0.15) is 23.8 Å². The minimum absolute atomic E-state index is 0.00625. The number of aromatic nitrogens is 4. The summed E-state index contributed by atoms with van der Waals surface area (Å²) in [6.45, 7) is 3.17. The van der Waals surface area contributed by atoms with E-state index in [2.05, 4.69) is 21.0 Å². The summed E-state index contributed by atoms with van der Waals surface area (Å²) in [6, 6.07) is 10.3. The fraction of sp³-hybridized carbons (Fsp3) is 0.321. The molecule has 1 fully saturated rings. The second kappa shape index (κ2) is 9.62. The highest BCUT2D eigenvalue weighted by Gasteiger charge is 2.35. The van der Waals surface area contributed by atoms with Crippen molar-refractivity contribution in [3.63, 3.8) is 0 Å². The Morgan fingerprint density at radius 2 is 1.97 bits per heavy atom. The van der Waals surface area contributed by atoms with Crippen molar-refractivity contribution in [1.82, 2.24) is 24.4 Å². The molecule has 3 aromatic heterocycles. The first-order valence-electron chi connectivity index (χ1n) is 13.6. The van der Waals surface area contributed by atoms with Gasteiger partial charge in [0.25, 0.3) is 0 Å². The number of nitrogens with zero attached hydrogens (tertiary/aromatic N) is 7. The molecule has 0 bridgehead atoms. The largest absolute Gasteiger partial charge is 0.349 e. The van der Waals surface area contributed by atoms with Crippen molar-refractivity contribution >= 4 is 22.8 Å². The Kier molecular flexibility index (Phi) is 5.42. The van der Waals surface area contributed by atoms with Gasteiger partial charge >= 0.3 is 0 Å². The van der Waals surface area contributed by atoms with E-state index in [1.54, 1.807) is 54.9 Å². The molecule has 1 amide bonds. The van der Waals surface area contributed by atoms with Crippen molar-refractivity contribution in [2.75, 3.05) is 18.0 Å². The highest BCUT2D eigenvalue weighted by Crippen LogP contribution is 2.39. The summed E-state index contributed by atoms with van der Waals surface area (Å²) in [7, 11) is 0. The molecule has 1 aliphatic rings. The number of halogens is 1. The third-order valence-electron chi connectivity index (χ3n) is 6.64. The van der Waals surface area contributed by atoms with Gasteiger partial charge in [-0.1, -0.05) is 32.0 Å². The summed E-state index contributed by atoms with van der Waals surface area (Å²) in [6.07, 6.45) is 4.59. The Labute approximate surface area is 219 Å². The number of amides is 1. The molecule has 1 aromatic carbocycles. The van der Waals surface area contributed by atoms with Gasteiger partial charge in [0.15, 0.2) is 5.65 Å². The molecule has 0 saturated carbocycles. The average Bonchev–Trinajstić information content (AvgIpc) is 3.32. The van der Waals surface area contributed by atoms with E-state index in [1.807, 2.05) is 11.8 Å². The standard InChI is InChI=1S/C28H28FN7O/c1-17(2)28(37)35-14-18(3)34(13-19(35)4)26-25-22(21-7-5-6-8-23(21)29)15-36(27(25)33-16-32-26)24-11-20(12-30)9-10-31-24/h5-11,15-19H,13-14H2,1-4H3/t18-,19+/m0/s1/i4D3. The van der Waals surface area contributed by atoms with Gasteiger partial charge in [-0.05, 0) is 32.0 Å². The second-order valence-corrected chi connectivity index (χ2v) is 9.47. The number of pyridine rings is 1. The Bertz CT molecular complexity index is 1630. The molecule has 1 saturated heterocycles. The van der Waals surface area contributed by atoms with Gasteiger partial charge in [-0.2, -0.15) is 5.26 Å². The zero-order chi connectivity index (χ0) is 28.8. The van der Waals surface area contributed by atoms with Crippen LogP contribution in [0.15, 0.2) is 55.1 Å². The minimum atomic E-state index is -2.43. The van der Waals surface area contributed by atoms with Gasteiger partial charge in [-0.3, -0.25) is 9.36 Å². The minimum Gasteiger partial charge on any atom is -0.349 e. The van der Waals surface area contributed by atoms with E-state index in [1.165, 1.54) is 23.5 Å². The summed E-state index contributed by atoms with van der Waals surface area (Å²) >= 11 is 0. The SMILES string of the molecule is [2H]C([2H])([2H])[C@@H]1CN(c2ncnc3c2c(-c2ccccc2F)cn3-c2cc(C#N)ccn2)[C@@H](C)CN1C(=O)C(C)C. The molecule has 0 N–H and O–H groups in total. The number of hydrogen-bond acceptors (Lipinski definition) is 6. The zero-order valence-corrected chi connectivity index (χ0v) is 20.8. The van der Waals surface area contributed by atoms with Crippen LogP contribution < -0.4 is 4.90 Å². The maximum Gasteiger partial charge on any atom is 0.225 e. The van der Waals surface area contributed by atoms with Gasteiger partial charge in [-0.15, -0.1) is 0 Å². The number of piperazine rings is 1. The van der Waals surface area contributed by atoms with Crippen LogP contribution in [0.2, 0.25) is 0 Å². The van der Waals surface area contributed by atoms with Crippen LogP contribution in [-0.4, -0.2) is 55.5 Å². The first-order chi connectivity index (χ1) is 19.0. The second-order valence-electron chi connectivity index (χ2n) is 9.47. The van der Waals surface area contributed by atoms with Crippen LogP contribution in [-0.2, 0) is 4.79 Å². The van der Waals surface area contributed by atoms with Crippen LogP contribution in [0.5, 0.6) is 0 Å². The lowest BCUT2D eigenvalue weighted by molar-refractivity contribution is -0.137. The molecule has 37 heavy (non-hydrogen) atoms. The molecule has 2 atom stereocenters. The Morgan fingerprint density at radius 1 is 1.16 bits per heavy atom. The normalized spacial score (nSPS) is 19.4. The van der Waals surface area contributed by atoms with Gasteiger partial charge in [0.05, 0.1) is 17.0 Å². The lowest BCUT2D eigenvalue weighted by Crippen LogP contribution is -2.59. The third-order valence-corrected chi connectivity index (χ3v) is 6.64. The summed E-state index contributed by atoms with van der Waals surface area (Å²) in [5.74, 6) is -0.181. The number of benzene rings is 1. The van der Waals surface area contributed by atoms with E-state index in [9.17, 15) is 10.1 Å². The zero-order valence-electron chi connectivity index (χ0n) is 23.8. The first kappa shape index (κ1) is 20.8. The highest BCUT2D eigenvalue weighted by atomic mass is 19.1. The van der Waals surface area contributed by atoms with E-state index in [0.29, 0.717) is 39.4 Å². The molecule has 0 radical (unpaired) electrons. The van der Waals surface area contributed by atoms with E-state index < -0.39 is 18.7 Å². The molecule has 0 spiro atoms. The van der Waals surface area contributed by atoms with Crippen LogP contribution >= 0.6 is 0 Å².